The Kier molecular flexibility index (Phi) is 3.54. The molecule has 0 bridgehead atoms. The lowest BCUT2D eigenvalue weighted by molar-refractivity contribution is -0.0206. The molecule has 0 N–H and O–H groups in total. The van der Waals surface area contributed by atoms with Crippen LogP contribution in [0.25, 0.3) is 0 Å². The van der Waals surface area contributed by atoms with Crippen LogP contribution in [0.4, 0.5) is 5.82 Å². The fourth-order valence-corrected chi connectivity index (χ4v) is 2.34. The summed E-state index contributed by atoms with van der Waals surface area (Å²) in [6, 6.07) is 1.81. The second-order valence-electron chi connectivity index (χ2n) is 4.94. The Morgan fingerprint density at radius 1 is 1.47 bits per heavy atom. The second kappa shape index (κ2) is 4.78. The summed E-state index contributed by atoms with van der Waals surface area (Å²) >= 11 is 5.87. The van der Waals surface area contributed by atoms with Crippen LogP contribution in [0.15, 0.2) is 12.4 Å². The minimum atomic E-state index is -0.0917. The molecule has 0 unspecified atom stereocenters. The van der Waals surface area contributed by atoms with E-state index < -0.39 is 0 Å². The first kappa shape index (κ1) is 12.6. The van der Waals surface area contributed by atoms with E-state index in [1.807, 2.05) is 6.07 Å². The van der Waals surface area contributed by atoms with Gasteiger partial charge in [0.05, 0.1) is 5.60 Å². The van der Waals surface area contributed by atoms with Crippen molar-refractivity contribution in [2.75, 3.05) is 25.1 Å². The van der Waals surface area contributed by atoms with Gasteiger partial charge in [0.2, 0.25) is 0 Å². The molecule has 0 amide bonds. The number of rotatable bonds is 3. The number of halogens is 1. The maximum Gasteiger partial charge on any atom is 0.134 e. The van der Waals surface area contributed by atoms with E-state index in [-0.39, 0.29) is 5.60 Å². The molecule has 0 spiro atoms. The monoisotopic (exact) mass is 255 g/mol. The standard InChI is InChI=1S/C12H18ClN3O/c1-12(2,17-3)9-4-5-16(7-9)11-6-10(13)14-8-15-11/h6,8-9H,4-5,7H2,1-3H3/t9-/m1/s1. The Hall–Kier alpha value is -0.870. The van der Waals surface area contributed by atoms with Gasteiger partial charge in [-0.25, -0.2) is 9.97 Å². The Morgan fingerprint density at radius 2 is 2.24 bits per heavy atom. The average molecular weight is 256 g/mol. The van der Waals surface area contributed by atoms with Gasteiger partial charge < -0.3 is 9.64 Å². The Balaban J connectivity index is 2.08. The van der Waals surface area contributed by atoms with Gasteiger partial charge in [0.1, 0.15) is 17.3 Å². The molecule has 1 fully saturated rings. The van der Waals surface area contributed by atoms with E-state index in [0.717, 1.165) is 25.3 Å². The second-order valence-corrected chi connectivity index (χ2v) is 5.33. The molecule has 0 aromatic carbocycles. The van der Waals surface area contributed by atoms with Crippen molar-refractivity contribution in [1.29, 1.82) is 0 Å². The van der Waals surface area contributed by atoms with Crippen molar-refractivity contribution in [3.05, 3.63) is 17.5 Å². The van der Waals surface area contributed by atoms with Crippen molar-refractivity contribution in [3.63, 3.8) is 0 Å². The smallest absolute Gasteiger partial charge is 0.134 e. The molecule has 1 saturated heterocycles. The summed E-state index contributed by atoms with van der Waals surface area (Å²) in [6.07, 6.45) is 2.62. The highest BCUT2D eigenvalue weighted by molar-refractivity contribution is 6.29. The van der Waals surface area contributed by atoms with Crippen molar-refractivity contribution in [2.45, 2.75) is 25.9 Å². The minimum absolute atomic E-state index is 0.0917. The lowest BCUT2D eigenvalue weighted by Gasteiger charge is -2.30. The van der Waals surface area contributed by atoms with Crippen molar-refractivity contribution in [3.8, 4) is 0 Å². The summed E-state index contributed by atoms with van der Waals surface area (Å²) in [6.45, 7) is 6.21. The van der Waals surface area contributed by atoms with Gasteiger partial charge in [0, 0.05) is 32.2 Å². The Labute approximate surface area is 107 Å². The van der Waals surface area contributed by atoms with E-state index in [4.69, 9.17) is 16.3 Å². The number of hydrogen-bond acceptors (Lipinski definition) is 4. The molecule has 17 heavy (non-hydrogen) atoms. The third-order valence-corrected chi connectivity index (χ3v) is 3.85. The van der Waals surface area contributed by atoms with Gasteiger partial charge in [0.15, 0.2) is 0 Å². The van der Waals surface area contributed by atoms with Crippen LogP contribution in [0, 0.1) is 5.92 Å². The molecule has 1 atom stereocenters. The lowest BCUT2D eigenvalue weighted by Crippen LogP contribution is -2.35. The first-order chi connectivity index (χ1) is 8.03. The zero-order valence-electron chi connectivity index (χ0n) is 10.5. The molecule has 0 radical (unpaired) electrons. The van der Waals surface area contributed by atoms with Crippen LogP contribution in [0.2, 0.25) is 5.15 Å². The van der Waals surface area contributed by atoms with E-state index >= 15 is 0 Å². The summed E-state index contributed by atoms with van der Waals surface area (Å²) < 4.78 is 5.54. The summed E-state index contributed by atoms with van der Waals surface area (Å²) in [5.74, 6) is 1.42. The Morgan fingerprint density at radius 3 is 2.88 bits per heavy atom. The molecule has 1 aromatic rings. The van der Waals surface area contributed by atoms with Gasteiger partial charge in [-0.15, -0.1) is 0 Å². The van der Waals surface area contributed by atoms with Crippen LogP contribution >= 0.6 is 11.6 Å². The van der Waals surface area contributed by atoms with Gasteiger partial charge in [-0.1, -0.05) is 11.6 Å². The van der Waals surface area contributed by atoms with E-state index in [1.54, 1.807) is 7.11 Å². The predicted molar refractivity (Wildman–Crippen MR) is 68.5 cm³/mol. The zero-order chi connectivity index (χ0) is 12.5. The predicted octanol–water partition coefficient (Wildman–Crippen LogP) is 2.38. The van der Waals surface area contributed by atoms with Gasteiger partial charge in [-0.05, 0) is 20.3 Å². The van der Waals surface area contributed by atoms with E-state index in [0.29, 0.717) is 11.1 Å². The van der Waals surface area contributed by atoms with Crippen molar-refractivity contribution in [1.82, 2.24) is 9.97 Å². The summed E-state index contributed by atoms with van der Waals surface area (Å²) in [4.78, 5) is 10.4. The number of nitrogens with zero attached hydrogens (tertiary/aromatic N) is 3. The van der Waals surface area contributed by atoms with Crippen LogP contribution < -0.4 is 4.90 Å². The highest BCUT2D eigenvalue weighted by atomic mass is 35.5. The SMILES string of the molecule is COC(C)(C)[C@@H]1CCN(c2cc(Cl)ncn2)C1. The summed E-state index contributed by atoms with van der Waals surface area (Å²) in [7, 11) is 1.77. The van der Waals surface area contributed by atoms with Crippen LogP contribution in [0.3, 0.4) is 0 Å². The number of aromatic nitrogens is 2. The first-order valence-corrected chi connectivity index (χ1v) is 6.18. The van der Waals surface area contributed by atoms with E-state index in [9.17, 15) is 0 Å². The van der Waals surface area contributed by atoms with Gasteiger partial charge in [-0.3, -0.25) is 0 Å². The molecule has 94 valence electrons. The maximum atomic E-state index is 5.87. The van der Waals surface area contributed by atoms with Crippen LogP contribution in [0.5, 0.6) is 0 Å². The van der Waals surface area contributed by atoms with Crippen LogP contribution in [-0.4, -0.2) is 35.8 Å². The quantitative estimate of drug-likeness (QED) is 0.778. The van der Waals surface area contributed by atoms with Gasteiger partial charge >= 0.3 is 0 Å². The van der Waals surface area contributed by atoms with Gasteiger partial charge in [-0.2, -0.15) is 0 Å². The first-order valence-electron chi connectivity index (χ1n) is 5.80. The van der Waals surface area contributed by atoms with Crippen molar-refractivity contribution >= 4 is 17.4 Å². The maximum absolute atomic E-state index is 5.87. The van der Waals surface area contributed by atoms with E-state index in [2.05, 4.69) is 28.7 Å². The number of ether oxygens (including phenoxy) is 1. The molecule has 0 aliphatic carbocycles. The molecular weight excluding hydrogens is 238 g/mol. The minimum Gasteiger partial charge on any atom is -0.378 e. The highest BCUT2D eigenvalue weighted by Gasteiger charge is 2.35. The van der Waals surface area contributed by atoms with Crippen molar-refractivity contribution in [2.24, 2.45) is 5.92 Å². The van der Waals surface area contributed by atoms with Crippen molar-refractivity contribution < 1.29 is 4.74 Å². The van der Waals surface area contributed by atoms with Crippen LogP contribution in [0.1, 0.15) is 20.3 Å². The lowest BCUT2D eigenvalue weighted by atomic mass is 9.90. The molecule has 5 heteroatoms. The molecule has 1 aromatic heterocycles. The molecule has 4 nitrogen and oxygen atoms in total. The summed E-state index contributed by atoms with van der Waals surface area (Å²) in [5.41, 5.74) is -0.0917. The largest absolute Gasteiger partial charge is 0.378 e. The molecule has 1 aliphatic heterocycles. The molecule has 0 saturated carbocycles. The topological polar surface area (TPSA) is 38.2 Å². The van der Waals surface area contributed by atoms with E-state index in [1.165, 1.54) is 6.33 Å². The average Bonchev–Trinajstić information content (AvgIpc) is 2.79. The highest BCUT2D eigenvalue weighted by Crippen LogP contribution is 2.31. The molecule has 2 rings (SSSR count). The summed E-state index contributed by atoms with van der Waals surface area (Å²) in [5, 5.41) is 0.490. The zero-order valence-corrected chi connectivity index (χ0v) is 11.2. The number of methoxy groups -OCH3 is 1. The fourth-order valence-electron chi connectivity index (χ4n) is 2.20. The molecule has 1 aliphatic rings. The third kappa shape index (κ3) is 2.69. The molecule has 2 heterocycles. The number of anilines is 1. The van der Waals surface area contributed by atoms with Gasteiger partial charge in [0.25, 0.3) is 0 Å². The fraction of sp³-hybridized carbons (Fsp3) is 0.667. The molecular formula is C12H18ClN3O. The number of hydrogen-bond donors (Lipinski definition) is 0. The normalized spacial score (nSPS) is 20.9. The van der Waals surface area contributed by atoms with Crippen LogP contribution in [-0.2, 0) is 4.74 Å². The third-order valence-electron chi connectivity index (χ3n) is 3.64. The Bertz CT molecular complexity index is 397.